The van der Waals surface area contributed by atoms with Gasteiger partial charge in [0, 0.05) is 0 Å². The van der Waals surface area contributed by atoms with E-state index < -0.39 is 17.8 Å². The van der Waals surface area contributed by atoms with E-state index in [2.05, 4.69) is 4.98 Å². The molecule has 0 spiro atoms. The molecular formula is C10H7F3N2O2. The van der Waals surface area contributed by atoms with E-state index >= 15 is 0 Å². The molecule has 1 aromatic heterocycles. The summed E-state index contributed by atoms with van der Waals surface area (Å²) in [5.41, 5.74) is -0.826. The minimum atomic E-state index is -4.51. The molecule has 0 N–H and O–H groups in total. The number of ketones is 1. The van der Waals surface area contributed by atoms with Gasteiger partial charge in [-0.05, 0) is 12.1 Å². The van der Waals surface area contributed by atoms with E-state index in [1.807, 2.05) is 0 Å². The third-order valence-corrected chi connectivity index (χ3v) is 2.33. The van der Waals surface area contributed by atoms with Crippen LogP contribution < -0.4 is 4.90 Å². The molecule has 1 amide bonds. The second-order valence-electron chi connectivity index (χ2n) is 3.59. The van der Waals surface area contributed by atoms with E-state index in [0.717, 1.165) is 23.2 Å². The molecule has 17 heavy (non-hydrogen) atoms. The van der Waals surface area contributed by atoms with Crippen LogP contribution in [0.5, 0.6) is 0 Å². The molecule has 1 fully saturated rings. The second-order valence-corrected chi connectivity index (χ2v) is 3.59. The van der Waals surface area contributed by atoms with Crippen LogP contribution in [0, 0.1) is 0 Å². The number of alkyl halides is 3. The van der Waals surface area contributed by atoms with Crippen molar-refractivity contribution in [1.29, 1.82) is 0 Å². The zero-order chi connectivity index (χ0) is 12.6. The molecule has 0 aliphatic carbocycles. The summed E-state index contributed by atoms with van der Waals surface area (Å²) >= 11 is 0. The molecule has 2 rings (SSSR count). The summed E-state index contributed by atoms with van der Waals surface area (Å²) < 4.78 is 36.7. The standard InChI is InChI=1S/C10H7F3N2O2/c11-10(12,13)8-2-1-6(4-14-8)15-5-7(16)3-9(15)17/h1-2,4H,3,5H2. The highest BCUT2D eigenvalue weighted by Crippen LogP contribution is 2.29. The van der Waals surface area contributed by atoms with E-state index in [4.69, 9.17) is 0 Å². The van der Waals surface area contributed by atoms with Crippen molar-refractivity contribution in [3.8, 4) is 0 Å². The number of Topliss-reactive ketones (excluding diaryl/α,β-unsaturated/α-hetero) is 1. The summed E-state index contributed by atoms with van der Waals surface area (Å²) in [5, 5.41) is 0. The molecule has 2 heterocycles. The van der Waals surface area contributed by atoms with Crippen LogP contribution in [0.15, 0.2) is 18.3 Å². The summed E-state index contributed by atoms with van der Waals surface area (Å²) in [4.78, 5) is 26.7. The second kappa shape index (κ2) is 3.83. The number of amides is 1. The lowest BCUT2D eigenvalue weighted by Crippen LogP contribution is -2.24. The van der Waals surface area contributed by atoms with Gasteiger partial charge < -0.3 is 4.90 Å². The maximum Gasteiger partial charge on any atom is 0.433 e. The third kappa shape index (κ3) is 2.27. The smallest absolute Gasteiger partial charge is 0.303 e. The van der Waals surface area contributed by atoms with E-state index in [0.29, 0.717) is 0 Å². The summed E-state index contributed by atoms with van der Waals surface area (Å²) in [6, 6.07) is 1.91. The molecule has 1 saturated heterocycles. The quantitative estimate of drug-likeness (QED) is 0.702. The fourth-order valence-corrected chi connectivity index (χ4v) is 1.53. The van der Waals surface area contributed by atoms with Crippen LogP contribution in [-0.4, -0.2) is 23.2 Å². The molecule has 90 valence electrons. The Morgan fingerprint density at radius 3 is 2.35 bits per heavy atom. The monoisotopic (exact) mass is 244 g/mol. The van der Waals surface area contributed by atoms with Crippen molar-refractivity contribution in [1.82, 2.24) is 4.98 Å². The molecule has 0 radical (unpaired) electrons. The van der Waals surface area contributed by atoms with Crippen LogP contribution in [0.25, 0.3) is 0 Å². The molecule has 1 aromatic rings. The molecule has 0 aromatic carbocycles. The van der Waals surface area contributed by atoms with Gasteiger partial charge in [0.15, 0.2) is 5.78 Å². The first-order chi connectivity index (χ1) is 7.88. The lowest BCUT2D eigenvalue weighted by Gasteiger charge is -2.14. The largest absolute Gasteiger partial charge is 0.433 e. The topological polar surface area (TPSA) is 50.3 Å². The number of aromatic nitrogens is 1. The number of hydrogen-bond acceptors (Lipinski definition) is 3. The molecule has 7 heteroatoms. The Labute approximate surface area is 94.0 Å². The van der Waals surface area contributed by atoms with Crippen molar-refractivity contribution in [2.24, 2.45) is 0 Å². The van der Waals surface area contributed by atoms with Gasteiger partial charge in [-0.25, -0.2) is 4.98 Å². The van der Waals surface area contributed by atoms with Crippen LogP contribution in [0.3, 0.4) is 0 Å². The van der Waals surface area contributed by atoms with Gasteiger partial charge in [-0.2, -0.15) is 13.2 Å². The molecule has 1 aliphatic heterocycles. The van der Waals surface area contributed by atoms with Gasteiger partial charge in [-0.1, -0.05) is 0 Å². The normalized spacial score (nSPS) is 16.8. The first-order valence-electron chi connectivity index (χ1n) is 4.73. The summed E-state index contributed by atoms with van der Waals surface area (Å²) in [7, 11) is 0. The number of rotatable bonds is 1. The van der Waals surface area contributed by atoms with Crippen molar-refractivity contribution < 1.29 is 22.8 Å². The van der Waals surface area contributed by atoms with Gasteiger partial charge in [0.1, 0.15) is 5.69 Å². The predicted octanol–water partition coefficient (Wildman–Crippen LogP) is 1.41. The van der Waals surface area contributed by atoms with E-state index in [-0.39, 0.29) is 24.4 Å². The van der Waals surface area contributed by atoms with Gasteiger partial charge in [0.25, 0.3) is 0 Å². The van der Waals surface area contributed by atoms with Gasteiger partial charge in [0.2, 0.25) is 5.91 Å². The average Bonchev–Trinajstić information content (AvgIpc) is 2.57. The fraction of sp³-hybridized carbons (Fsp3) is 0.300. The number of halogens is 3. The average molecular weight is 244 g/mol. The lowest BCUT2D eigenvalue weighted by molar-refractivity contribution is -0.141. The van der Waals surface area contributed by atoms with E-state index in [9.17, 15) is 22.8 Å². The minimum Gasteiger partial charge on any atom is -0.303 e. The highest BCUT2D eigenvalue weighted by atomic mass is 19.4. The van der Waals surface area contributed by atoms with Crippen LogP contribution in [-0.2, 0) is 15.8 Å². The minimum absolute atomic E-state index is 0.105. The lowest BCUT2D eigenvalue weighted by atomic mass is 10.3. The Balaban J connectivity index is 2.24. The molecule has 1 aliphatic rings. The van der Waals surface area contributed by atoms with E-state index in [1.165, 1.54) is 0 Å². The van der Waals surface area contributed by atoms with Crippen LogP contribution in [0.2, 0.25) is 0 Å². The van der Waals surface area contributed by atoms with Gasteiger partial charge in [-0.15, -0.1) is 0 Å². The number of pyridine rings is 1. The number of carbonyl (C=O) groups is 2. The van der Waals surface area contributed by atoms with Gasteiger partial charge in [-0.3, -0.25) is 9.59 Å². The maximum atomic E-state index is 12.2. The molecule has 0 unspecified atom stereocenters. The zero-order valence-corrected chi connectivity index (χ0v) is 8.49. The molecule has 0 saturated carbocycles. The van der Waals surface area contributed by atoms with Crippen molar-refractivity contribution in [2.45, 2.75) is 12.6 Å². The van der Waals surface area contributed by atoms with Crippen LogP contribution in [0.1, 0.15) is 12.1 Å². The first-order valence-corrected chi connectivity index (χ1v) is 4.73. The highest BCUT2D eigenvalue weighted by Gasteiger charge is 2.33. The fourth-order valence-electron chi connectivity index (χ4n) is 1.53. The Kier molecular flexibility index (Phi) is 2.60. The number of anilines is 1. The SMILES string of the molecule is O=C1CC(=O)N(c2ccc(C(F)(F)F)nc2)C1. The molecule has 0 atom stereocenters. The third-order valence-electron chi connectivity index (χ3n) is 2.33. The highest BCUT2D eigenvalue weighted by molar-refractivity contribution is 6.14. The Bertz CT molecular complexity index is 467. The van der Waals surface area contributed by atoms with E-state index in [1.54, 1.807) is 0 Å². The number of carbonyl (C=O) groups excluding carboxylic acids is 2. The summed E-state index contributed by atoms with van der Waals surface area (Å²) in [6.07, 6.45) is -3.77. The number of hydrogen-bond donors (Lipinski definition) is 0. The van der Waals surface area contributed by atoms with Gasteiger partial charge >= 0.3 is 6.18 Å². The molecule has 0 bridgehead atoms. The Morgan fingerprint density at radius 2 is 1.94 bits per heavy atom. The van der Waals surface area contributed by atoms with Crippen molar-refractivity contribution in [3.05, 3.63) is 24.0 Å². The molecular weight excluding hydrogens is 237 g/mol. The maximum absolute atomic E-state index is 12.2. The Hall–Kier alpha value is -1.92. The van der Waals surface area contributed by atoms with Crippen molar-refractivity contribution in [3.63, 3.8) is 0 Å². The predicted molar refractivity (Wildman–Crippen MR) is 51.2 cm³/mol. The Morgan fingerprint density at radius 1 is 1.24 bits per heavy atom. The van der Waals surface area contributed by atoms with Crippen molar-refractivity contribution in [2.75, 3.05) is 11.4 Å². The number of nitrogens with zero attached hydrogens (tertiary/aromatic N) is 2. The zero-order valence-electron chi connectivity index (χ0n) is 8.49. The molecule has 4 nitrogen and oxygen atoms in total. The van der Waals surface area contributed by atoms with Crippen LogP contribution >= 0.6 is 0 Å². The first kappa shape index (κ1) is 11.6. The van der Waals surface area contributed by atoms with Crippen LogP contribution in [0.4, 0.5) is 18.9 Å². The van der Waals surface area contributed by atoms with Gasteiger partial charge in [0.05, 0.1) is 24.8 Å². The summed E-state index contributed by atoms with van der Waals surface area (Å²) in [5.74, 6) is -0.675. The van der Waals surface area contributed by atoms with Crippen molar-refractivity contribution >= 4 is 17.4 Å². The summed E-state index contributed by atoms with van der Waals surface area (Å²) in [6.45, 7) is -0.105.